The minimum Gasteiger partial charge on any atom is -0.461 e. The van der Waals surface area contributed by atoms with Crippen LogP contribution in [0.25, 0.3) is 5.69 Å². The van der Waals surface area contributed by atoms with Crippen LogP contribution in [0.2, 0.25) is 0 Å². The molecule has 0 aliphatic carbocycles. The van der Waals surface area contributed by atoms with Crippen molar-refractivity contribution in [2.75, 3.05) is 6.61 Å². The van der Waals surface area contributed by atoms with Crippen molar-refractivity contribution >= 4 is 11.7 Å². The maximum Gasteiger partial charge on any atom is 0.416 e. The van der Waals surface area contributed by atoms with Gasteiger partial charge < -0.3 is 4.74 Å². The molecular formula is C17H18F3N3O4. The standard InChI is InChI=1S/C17H18F3N3O4/c1-4-27-16(24)15-14(23(25)26)13(9-10(2)3)21-22(15)12-7-5-11(6-8-12)17(18,19)20/h5-8,10H,4,9H2,1-3H3. The Morgan fingerprint density at radius 1 is 1.30 bits per heavy atom. The van der Waals surface area contributed by atoms with E-state index in [-0.39, 0.29) is 30.3 Å². The Bertz CT molecular complexity index is 842. The van der Waals surface area contributed by atoms with E-state index in [1.807, 2.05) is 13.8 Å². The van der Waals surface area contributed by atoms with Gasteiger partial charge in [0, 0.05) is 6.42 Å². The van der Waals surface area contributed by atoms with Gasteiger partial charge in [-0.3, -0.25) is 10.1 Å². The number of nitro groups is 1. The molecule has 1 heterocycles. The molecule has 0 amide bonds. The number of alkyl halides is 3. The minimum absolute atomic E-state index is 0.00898. The first kappa shape index (κ1) is 20.4. The normalized spacial score (nSPS) is 11.7. The molecule has 0 fully saturated rings. The number of ether oxygens (including phenoxy) is 1. The molecule has 0 aliphatic heterocycles. The van der Waals surface area contributed by atoms with Crippen LogP contribution >= 0.6 is 0 Å². The Morgan fingerprint density at radius 3 is 2.33 bits per heavy atom. The van der Waals surface area contributed by atoms with Crippen molar-refractivity contribution in [3.63, 3.8) is 0 Å². The number of aromatic nitrogens is 2. The Kier molecular flexibility index (Phi) is 5.87. The Hall–Kier alpha value is -2.91. The number of carbonyl (C=O) groups excluding carboxylic acids is 1. The first-order valence-corrected chi connectivity index (χ1v) is 8.17. The van der Waals surface area contributed by atoms with Crippen LogP contribution in [-0.2, 0) is 17.3 Å². The number of carbonyl (C=O) groups is 1. The van der Waals surface area contributed by atoms with Crippen molar-refractivity contribution in [1.29, 1.82) is 0 Å². The summed E-state index contributed by atoms with van der Waals surface area (Å²) in [5.74, 6) is -0.957. The van der Waals surface area contributed by atoms with Gasteiger partial charge in [-0.05, 0) is 37.1 Å². The maximum absolute atomic E-state index is 12.8. The Balaban J connectivity index is 2.66. The molecule has 0 N–H and O–H groups in total. The highest BCUT2D eigenvalue weighted by atomic mass is 19.4. The molecule has 0 unspecified atom stereocenters. The fraction of sp³-hybridized carbons (Fsp3) is 0.412. The van der Waals surface area contributed by atoms with Gasteiger partial charge in [-0.25, -0.2) is 9.48 Å². The number of esters is 1. The zero-order chi connectivity index (χ0) is 20.4. The summed E-state index contributed by atoms with van der Waals surface area (Å²) in [4.78, 5) is 23.2. The Labute approximate surface area is 152 Å². The van der Waals surface area contributed by atoms with E-state index in [1.54, 1.807) is 0 Å². The van der Waals surface area contributed by atoms with Crippen LogP contribution in [0, 0.1) is 16.0 Å². The highest BCUT2D eigenvalue weighted by molar-refractivity contribution is 5.93. The second-order valence-electron chi connectivity index (χ2n) is 6.18. The van der Waals surface area contributed by atoms with Gasteiger partial charge in [-0.15, -0.1) is 0 Å². The summed E-state index contributed by atoms with van der Waals surface area (Å²) in [5, 5.41) is 15.7. The van der Waals surface area contributed by atoms with Crippen molar-refractivity contribution in [2.24, 2.45) is 5.92 Å². The number of hydrogen-bond donors (Lipinski definition) is 0. The van der Waals surface area contributed by atoms with Crippen molar-refractivity contribution in [3.05, 3.63) is 51.3 Å². The van der Waals surface area contributed by atoms with Crippen LogP contribution in [0.4, 0.5) is 18.9 Å². The molecular weight excluding hydrogens is 367 g/mol. The van der Waals surface area contributed by atoms with Crippen molar-refractivity contribution in [3.8, 4) is 5.69 Å². The molecule has 0 bridgehead atoms. The molecule has 27 heavy (non-hydrogen) atoms. The highest BCUT2D eigenvalue weighted by Crippen LogP contribution is 2.32. The van der Waals surface area contributed by atoms with Crippen molar-refractivity contribution in [1.82, 2.24) is 9.78 Å². The van der Waals surface area contributed by atoms with Gasteiger partial charge in [-0.2, -0.15) is 18.3 Å². The molecule has 0 saturated carbocycles. The fourth-order valence-electron chi connectivity index (χ4n) is 2.53. The molecule has 0 aliphatic rings. The lowest BCUT2D eigenvalue weighted by Crippen LogP contribution is -2.14. The van der Waals surface area contributed by atoms with Gasteiger partial charge >= 0.3 is 17.8 Å². The number of hydrogen-bond acceptors (Lipinski definition) is 5. The van der Waals surface area contributed by atoms with E-state index >= 15 is 0 Å². The third-order valence-electron chi connectivity index (χ3n) is 3.62. The third-order valence-corrected chi connectivity index (χ3v) is 3.62. The molecule has 2 aromatic rings. The molecule has 1 aromatic carbocycles. The van der Waals surface area contributed by atoms with Gasteiger partial charge in [0.1, 0.15) is 5.69 Å². The fourth-order valence-corrected chi connectivity index (χ4v) is 2.53. The van der Waals surface area contributed by atoms with E-state index in [4.69, 9.17) is 4.74 Å². The molecule has 7 nitrogen and oxygen atoms in total. The topological polar surface area (TPSA) is 87.3 Å². The summed E-state index contributed by atoms with van der Waals surface area (Å²) in [5.41, 5.74) is -1.64. The smallest absolute Gasteiger partial charge is 0.416 e. The van der Waals surface area contributed by atoms with Crippen LogP contribution in [0.3, 0.4) is 0 Å². The van der Waals surface area contributed by atoms with Crippen LogP contribution in [0.1, 0.15) is 42.5 Å². The van der Waals surface area contributed by atoms with Crippen LogP contribution in [0.5, 0.6) is 0 Å². The van der Waals surface area contributed by atoms with Gasteiger partial charge in [0.15, 0.2) is 0 Å². The predicted octanol–water partition coefficient (Wildman–Crippen LogP) is 4.17. The van der Waals surface area contributed by atoms with Gasteiger partial charge in [0.2, 0.25) is 5.69 Å². The van der Waals surface area contributed by atoms with E-state index in [1.165, 1.54) is 6.92 Å². The summed E-state index contributed by atoms with van der Waals surface area (Å²) in [6.07, 6.45) is -4.31. The van der Waals surface area contributed by atoms with E-state index in [0.717, 1.165) is 28.9 Å². The lowest BCUT2D eigenvalue weighted by Gasteiger charge is -2.09. The zero-order valence-electron chi connectivity index (χ0n) is 14.9. The molecule has 146 valence electrons. The van der Waals surface area contributed by atoms with Crippen molar-refractivity contribution in [2.45, 2.75) is 33.4 Å². The van der Waals surface area contributed by atoms with Crippen molar-refractivity contribution < 1.29 is 27.6 Å². The average molecular weight is 385 g/mol. The molecule has 0 saturated heterocycles. The molecule has 0 radical (unpaired) electrons. The van der Waals surface area contributed by atoms with Gasteiger partial charge in [0.25, 0.3) is 0 Å². The summed E-state index contributed by atoms with van der Waals surface area (Å²) in [6.45, 7) is 5.17. The first-order chi connectivity index (χ1) is 12.6. The van der Waals surface area contributed by atoms with E-state index < -0.39 is 34.0 Å². The number of rotatable bonds is 6. The average Bonchev–Trinajstić information content (AvgIpc) is 2.93. The lowest BCUT2D eigenvalue weighted by molar-refractivity contribution is -0.386. The second kappa shape index (κ2) is 7.77. The van der Waals surface area contributed by atoms with E-state index in [9.17, 15) is 28.1 Å². The highest BCUT2D eigenvalue weighted by Gasteiger charge is 2.35. The summed E-state index contributed by atoms with van der Waals surface area (Å²) >= 11 is 0. The molecule has 10 heteroatoms. The zero-order valence-corrected chi connectivity index (χ0v) is 14.9. The molecule has 2 rings (SSSR count). The van der Waals surface area contributed by atoms with Gasteiger partial charge in [-0.1, -0.05) is 13.8 Å². The predicted molar refractivity (Wildman–Crippen MR) is 89.7 cm³/mol. The monoisotopic (exact) mass is 385 g/mol. The minimum atomic E-state index is -4.53. The lowest BCUT2D eigenvalue weighted by atomic mass is 10.1. The summed E-state index contributed by atoms with van der Waals surface area (Å²) < 4.78 is 44.1. The van der Waals surface area contributed by atoms with E-state index in [2.05, 4.69) is 5.10 Å². The maximum atomic E-state index is 12.8. The first-order valence-electron chi connectivity index (χ1n) is 8.17. The third kappa shape index (κ3) is 4.44. The van der Waals surface area contributed by atoms with Crippen LogP contribution in [0.15, 0.2) is 24.3 Å². The molecule has 0 atom stereocenters. The van der Waals surface area contributed by atoms with Crippen LogP contribution < -0.4 is 0 Å². The Morgan fingerprint density at radius 2 is 1.89 bits per heavy atom. The van der Waals surface area contributed by atoms with Crippen LogP contribution in [-0.4, -0.2) is 27.3 Å². The molecule has 1 aromatic heterocycles. The quantitative estimate of drug-likeness (QED) is 0.423. The van der Waals surface area contributed by atoms with Gasteiger partial charge in [0.05, 0.1) is 22.8 Å². The number of halogens is 3. The SMILES string of the molecule is CCOC(=O)c1c([N+](=O)[O-])c(CC(C)C)nn1-c1ccc(C(F)(F)F)cc1. The summed E-state index contributed by atoms with van der Waals surface area (Å²) in [6, 6.07) is 3.84. The molecule has 0 spiro atoms. The second-order valence-corrected chi connectivity index (χ2v) is 6.18. The van der Waals surface area contributed by atoms with E-state index in [0.29, 0.717) is 0 Å². The summed E-state index contributed by atoms with van der Waals surface area (Å²) in [7, 11) is 0. The number of nitrogens with zero attached hydrogens (tertiary/aromatic N) is 3. The largest absolute Gasteiger partial charge is 0.461 e. The number of benzene rings is 1.